The molecule has 1 heterocycles. The number of nitrogens with two attached hydrogens (primary N) is 1. The number of carbonyl (C=O) groups excluding carboxylic acids is 1. The second-order valence-corrected chi connectivity index (χ2v) is 3.53. The molecule has 0 aliphatic rings. The van der Waals surface area contributed by atoms with Crippen molar-refractivity contribution in [1.82, 2.24) is 4.98 Å². The summed E-state index contributed by atoms with van der Waals surface area (Å²) in [5.41, 5.74) is 4.31. The van der Waals surface area contributed by atoms with Crippen molar-refractivity contribution in [3.05, 3.63) is 26.9 Å². The molecule has 0 aliphatic heterocycles. The van der Waals surface area contributed by atoms with Gasteiger partial charge in [0, 0.05) is 10.7 Å². The molecule has 2 N–H and O–H groups in total. The van der Waals surface area contributed by atoms with E-state index in [-0.39, 0.29) is 20.8 Å². The van der Waals surface area contributed by atoms with Gasteiger partial charge >= 0.3 is 0 Å². The van der Waals surface area contributed by atoms with Crippen molar-refractivity contribution in [2.24, 2.45) is 5.73 Å². The lowest BCUT2D eigenvalue weighted by molar-refractivity contribution is 0.0994. The average molecular weight is 285 g/mol. The zero-order valence-electron chi connectivity index (χ0n) is 6.60. The predicted octanol–water partition coefficient (Wildman–Crippen LogP) is 2.53. The maximum atomic E-state index is 12.3. The number of alkyl halides is 2. The monoisotopic (exact) mass is 284 g/mol. The first-order chi connectivity index (χ1) is 6.45. The Kier molecular flexibility index (Phi) is 3.38. The molecule has 0 unspecified atom stereocenters. The largest absolute Gasteiger partial charge is 0.364 e. The third-order valence-electron chi connectivity index (χ3n) is 1.46. The molecule has 1 amide bonds. The highest BCUT2D eigenvalue weighted by Crippen LogP contribution is 2.33. The van der Waals surface area contributed by atoms with E-state index in [1.165, 1.54) is 0 Å². The lowest BCUT2D eigenvalue weighted by atomic mass is 10.2. The molecule has 0 aliphatic carbocycles. The fourth-order valence-corrected chi connectivity index (χ4v) is 1.52. The summed E-state index contributed by atoms with van der Waals surface area (Å²) >= 11 is 8.43. The Balaban J connectivity index is 3.33. The van der Waals surface area contributed by atoms with Crippen molar-refractivity contribution in [2.45, 2.75) is 6.43 Å². The molecule has 76 valence electrons. The molecular formula is C7H4BrClF2N2O. The SMILES string of the molecule is NC(=O)c1ncc(C(F)F)c(Br)c1Cl. The van der Waals surface area contributed by atoms with Gasteiger partial charge in [-0.05, 0) is 15.9 Å². The fourth-order valence-electron chi connectivity index (χ4n) is 0.802. The maximum Gasteiger partial charge on any atom is 0.268 e. The Morgan fingerprint density at radius 1 is 1.64 bits per heavy atom. The Bertz CT molecular complexity index is 386. The van der Waals surface area contributed by atoms with E-state index in [0.717, 1.165) is 6.20 Å². The second kappa shape index (κ2) is 4.18. The molecule has 3 nitrogen and oxygen atoms in total. The number of hydrogen-bond acceptors (Lipinski definition) is 2. The number of halogens is 4. The second-order valence-electron chi connectivity index (χ2n) is 2.36. The Hall–Kier alpha value is -0.750. The van der Waals surface area contributed by atoms with Crippen LogP contribution < -0.4 is 5.73 Å². The normalized spacial score (nSPS) is 10.6. The van der Waals surface area contributed by atoms with Gasteiger partial charge < -0.3 is 5.73 Å². The lowest BCUT2D eigenvalue weighted by Gasteiger charge is -2.06. The molecule has 1 rings (SSSR count). The third kappa shape index (κ3) is 2.01. The molecule has 0 fully saturated rings. The van der Waals surface area contributed by atoms with Crippen LogP contribution >= 0.6 is 27.5 Å². The van der Waals surface area contributed by atoms with Gasteiger partial charge in [0.05, 0.1) is 10.6 Å². The Morgan fingerprint density at radius 3 is 2.64 bits per heavy atom. The molecule has 1 aromatic rings. The highest BCUT2D eigenvalue weighted by molar-refractivity contribution is 9.10. The Labute approximate surface area is 91.4 Å². The van der Waals surface area contributed by atoms with Crippen molar-refractivity contribution >= 4 is 33.4 Å². The van der Waals surface area contributed by atoms with E-state index in [1.54, 1.807) is 0 Å². The highest BCUT2D eigenvalue weighted by atomic mass is 79.9. The molecule has 14 heavy (non-hydrogen) atoms. The first-order valence-electron chi connectivity index (χ1n) is 3.37. The van der Waals surface area contributed by atoms with E-state index in [1.807, 2.05) is 0 Å². The Morgan fingerprint density at radius 2 is 2.21 bits per heavy atom. The average Bonchev–Trinajstić information content (AvgIpc) is 2.08. The number of primary amides is 1. The molecular weight excluding hydrogens is 281 g/mol. The van der Waals surface area contributed by atoms with Gasteiger partial charge in [-0.25, -0.2) is 13.8 Å². The molecule has 0 radical (unpaired) electrons. The van der Waals surface area contributed by atoms with E-state index in [2.05, 4.69) is 20.9 Å². The summed E-state index contributed by atoms with van der Waals surface area (Å²) in [6.45, 7) is 0. The number of carbonyl (C=O) groups is 1. The molecule has 7 heteroatoms. The molecule has 1 aromatic heterocycles. The molecule has 0 saturated carbocycles. The van der Waals surface area contributed by atoms with Crippen molar-refractivity contribution in [3.8, 4) is 0 Å². The maximum absolute atomic E-state index is 12.3. The van der Waals surface area contributed by atoms with Crippen molar-refractivity contribution in [1.29, 1.82) is 0 Å². The number of hydrogen-bond donors (Lipinski definition) is 1. The summed E-state index contributed by atoms with van der Waals surface area (Å²) in [6.07, 6.45) is -1.85. The van der Waals surface area contributed by atoms with E-state index in [9.17, 15) is 13.6 Å². The zero-order chi connectivity index (χ0) is 10.9. The van der Waals surface area contributed by atoms with Crippen molar-refractivity contribution in [3.63, 3.8) is 0 Å². The lowest BCUT2D eigenvalue weighted by Crippen LogP contribution is -2.14. The van der Waals surface area contributed by atoms with Gasteiger partial charge in [-0.2, -0.15) is 0 Å². The van der Waals surface area contributed by atoms with Gasteiger partial charge in [0.2, 0.25) is 0 Å². The number of aromatic nitrogens is 1. The van der Waals surface area contributed by atoms with E-state index >= 15 is 0 Å². The molecule has 0 aromatic carbocycles. The van der Waals surface area contributed by atoms with Crippen LogP contribution in [0.1, 0.15) is 22.5 Å². The van der Waals surface area contributed by atoms with E-state index < -0.39 is 12.3 Å². The first-order valence-corrected chi connectivity index (χ1v) is 4.54. The van der Waals surface area contributed by atoms with Gasteiger partial charge in [-0.3, -0.25) is 4.79 Å². The smallest absolute Gasteiger partial charge is 0.268 e. The minimum Gasteiger partial charge on any atom is -0.364 e. The van der Waals surface area contributed by atoms with Crippen LogP contribution in [0, 0.1) is 0 Å². The van der Waals surface area contributed by atoms with Gasteiger partial charge in [-0.15, -0.1) is 0 Å². The summed E-state index contributed by atoms with van der Waals surface area (Å²) in [6, 6.07) is 0. The van der Waals surface area contributed by atoms with Crippen molar-refractivity contribution in [2.75, 3.05) is 0 Å². The van der Waals surface area contributed by atoms with Gasteiger partial charge in [-0.1, -0.05) is 11.6 Å². The minimum atomic E-state index is -2.71. The predicted molar refractivity (Wildman–Crippen MR) is 50.4 cm³/mol. The number of rotatable bonds is 2. The summed E-state index contributed by atoms with van der Waals surface area (Å²) < 4.78 is 24.5. The molecule has 0 bridgehead atoms. The van der Waals surface area contributed by atoms with Crippen LogP contribution in [0.3, 0.4) is 0 Å². The number of nitrogens with zero attached hydrogens (tertiary/aromatic N) is 1. The number of amides is 1. The molecule has 0 spiro atoms. The topological polar surface area (TPSA) is 56.0 Å². The summed E-state index contributed by atoms with van der Waals surface area (Å²) in [4.78, 5) is 14.2. The van der Waals surface area contributed by atoms with Crippen LogP contribution in [0.4, 0.5) is 8.78 Å². The summed E-state index contributed by atoms with van der Waals surface area (Å²) in [5.74, 6) is -0.864. The third-order valence-corrected chi connectivity index (χ3v) is 2.91. The molecule has 0 atom stereocenters. The van der Waals surface area contributed by atoms with Crippen LogP contribution in [0.25, 0.3) is 0 Å². The fraction of sp³-hybridized carbons (Fsp3) is 0.143. The zero-order valence-corrected chi connectivity index (χ0v) is 8.94. The first kappa shape index (κ1) is 11.3. The number of pyridine rings is 1. The van der Waals surface area contributed by atoms with Crippen molar-refractivity contribution < 1.29 is 13.6 Å². The van der Waals surface area contributed by atoms with Crippen LogP contribution in [0.2, 0.25) is 5.02 Å². The van der Waals surface area contributed by atoms with Crippen LogP contribution in [0.15, 0.2) is 10.7 Å². The standard InChI is InChI=1S/C7H4BrClF2N2O/c8-3-2(6(10)11)1-13-5(4(3)9)7(12)14/h1,6H,(H2,12,14). The van der Waals surface area contributed by atoms with Crippen LogP contribution in [-0.4, -0.2) is 10.9 Å². The van der Waals surface area contributed by atoms with Crippen LogP contribution in [0.5, 0.6) is 0 Å². The van der Waals surface area contributed by atoms with Gasteiger partial charge in [0.1, 0.15) is 5.69 Å². The highest BCUT2D eigenvalue weighted by Gasteiger charge is 2.19. The van der Waals surface area contributed by atoms with Gasteiger partial charge in [0.15, 0.2) is 0 Å². The molecule has 0 saturated heterocycles. The van der Waals surface area contributed by atoms with E-state index in [0.29, 0.717) is 0 Å². The van der Waals surface area contributed by atoms with Gasteiger partial charge in [0.25, 0.3) is 12.3 Å². The minimum absolute atomic E-state index is 0.0574. The quantitative estimate of drug-likeness (QED) is 0.908. The van der Waals surface area contributed by atoms with Crippen LogP contribution in [-0.2, 0) is 0 Å². The summed E-state index contributed by atoms with van der Waals surface area (Å²) in [7, 11) is 0. The summed E-state index contributed by atoms with van der Waals surface area (Å²) in [5, 5.41) is -0.199. The van der Waals surface area contributed by atoms with E-state index in [4.69, 9.17) is 17.3 Å².